The van der Waals surface area contributed by atoms with E-state index in [0.717, 1.165) is 0 Å². The molecule has 0 saturated carbocycles. The van der Waals surface area contributed by atoms with Crippen LogP contribution in [0, 0.1) is 0 Å². The molecule has 1 N–H and O–H groups in total. The molecule has 2 rings (SSSR count). The molecule has 1 heterocycles. The normalized spacial score (nSPS) is 15.1. The maximum absolute atomic E-state index is 11.7. The van der Waals surface area contributed by atoms with Gasteiger partial charge < -0.3 is 5.11 Å². The lowest BCUT2D eigenvalue weighted by Gasteiger charge is -2.11. The number of carboxylic acid groups (broad SMARTS) is 1. The Balaban J connectivity index is 2.33. The van der Waals surface area contributed by atoms with E-state index >= 15 is 0 Å². The Hall–Kier alpha value is -2.43. The molecule has 0 aromatic heterocycles. The highest BCUT2D eigenvalue weighted by Gasteiger charge is 2.26. The van der Waals surface area contributed by atoms with Gasteiger partial charge in [0.15, 0.2) is 0 Å². The standard InChI is InChI=1S/C12H10N2O3/c1-7-8(2)13-14(11(7)15)10-5-3-9(4-6-10)12(16)17/h3-6H,1H2,2H3,(H,16,17). The lowest BCUT2D eigenvalue weighted by Crippen LogP contribution is -2.20. The zero-order valence-corrected chi connectivity index (χ0v) is 9.17. The van der Waals surface area contributed by atoms with Crippen molar-refractivity contribution in [3.63, 3.8) is 0 Å². The van der Waals surface area contributed by atoms with Gasteiger partial charge in [-0.15, -0.1) is 0 Å². The number of amides is 1. The summed E-state index contributed by atoms with van der Waals surface area (Å²) in [5.74, 6) is -1.29. The van der Waals surface area contributed by atoms with Crippen LogP contribution in [-0.4, -0.2) is 22.7 Å². The average Bonchev–Trinajstić information content (AvgIpc) is 2.57. The predicted molar refractivity (Wildman–Crippen MR) is 63.1 cm³/mol. The maximum atomic E-state index is 11.7. The highest BCUT2D eigenvalue weighted by molar-refractivity contribution is 6.29. The molecule has 0 saturated heterocycles. The van der Waals surface area contributed by atoms with Crippen molar-refractivity contribution in [3.05, 3.63) is 42.0 Å². The first-order chi connectivity index (χ1) is 8.00. The van der Waals surface area contributed by atoms with Gasteiger partial charge in [-0.3, -0.25) is 4.79 Å². The fourth-order valence-corrected chi connectivity index (χ4v) is 1.46. The lowest BCUT2D eigenvalue weighted by atomic mass is 10.2. The third-order valence-corrected chi connectivity index (χ3v) is 2.50. The molecule has 0 atom stereocenters. The van der Waals surface area contributed by atoms with Crippen molar-refractivity contribution in [1.29, 1.82) is 0 Å². The molecule has 5 heteroatoms. The van der Waals surface area contributed by atoms with Crippen LogP contribution in [-0.2, 0) is 4.79 Å². The van der Waals surface area contributed by atoms with Gasteiger partial charge in [-0.05, 0) is 31.2 Å². The van der Waals surface area contributed by atoms with Crippen molar-refractivity contribution in [2.75, 3.05) is 5.01 Å². The summed E-state index contributed by atoms with van der Waals surface area (Å²) in [6, 6.07) is 5.93. The Morgan fingerprint density at radius 3 is 2.35 bits per heavy atom. The van der Waals surface area contributed by atoms with Crippen molar-refractivity contribution in [2.24, 2.45) is 5.10 Å². The number of carbonyl (C=O) groups is 2. The van der Waals surface area contributed by atoms with Gasteiger partial charge in [0.2, 0.25) is 0 Å². The molecule has 0 bridgehead atoms. The van der Waals surface area contributed by atoms with Gasteiger partial charge >= 0.3 is 5.97 Å². The molecular weight excluding hydrogens is 220 g/mol. The SMILES string of the molecule is C=C1C(=O)N(c2ccc(C(=O)O)cc2)N=C1C. The highest BCUT2D eigenvalue weighted by atomic mass is 16.4. The second-order valence-electron chi connectivity index (χ2n) is 3.63. The fourth-order valence-electron chi connectivity index (χ4n) is 1.46. The van der Waals surface area contributed by atoms with Gasteiger partial charge in [0, 0.05) is 0 Å². The molecule has 5 nitrogen and oxygen atoms in total. The van der Waals surface area contributed by atoms with E-state index in [9.17, 15) is 9.59 Å². The van der Waals surface area contributed by atoms with Gasteiger partial charge in [0.25, 0.3) is 5.91 Å². The van der Waals surface area contributed by atoms with E-state index in [1.165, 1.54) is 29.3 Å². The van der Waals surface area contributed by atoms with E-state index in [4.69, 9.17) is 5.11 Å². The molecule has 0 unspecified atom stereocenters. The van der Waals surface area contributed by atoms with E-state index in [1.54, 1.807) is 6.92 Å². The Morgan fingerprint density at radius 1 is 1.35 bits per heavy atom. The number of hydrogen-bond donors (Lipinski definition) is 1. The van der Waals surface area contributed by atoms with Gasteiger partial charge in [0.05, 0.1) is 22.5 Å². The average molecular weight is 230 g/mol. The second kappa shape index (κ2) is 3.86. The zero-order valence-electron chi connectivity index (χ0n) is 9.17. The molecule has 1 aliphatic rings. The molecule has 1 amide bonds. The monoisotopic (exact) mass is 230 g/mol. The zero-order chi connectivity index (χ0) is 12.6. The third kappa shape index (κ3) is 1.82. The van der Waals surface area contributed by atoms with Crippen molar-refractivity contribution < 1.29 is 14.7 Å². The van der Waals surface area contributed by atoms with E-state index in [2.05, 4.69) is 11.7 Å². The molecule has 86 valence electrons. The summed E-state index contributed by atoms with van der Waals surface area (Å²) in [5, 5.41) is 14.0. The minimum absolute atomic E-state index is 0.167. The quantitative estimate of drug-likeness (QED) is 0.785. The van der Waals surface area contributed by atoms with Crippen LogP contribution in [0.4, 0.5) is 5.69 Å². The Kier molecular flexibility index (Phi) is 2.51. The van der Waals surface area contributed by atoms with Crippen molar-refractivity contribution in [3.8, 4) is 0 Å². The predicted octanol–water partition coefficient (Wildman–Crippen LogP) is 1.66. The number of carbonyl (C=O) groups excluding carboxylic acids is 1. The van der Waals surface area contributed by atoms with Gasteiger partial charge in [-0.2, -0.15) is 10.1 Å². The Labute approximate surface area is 97.7 Å². The van der Waals surface area contributed by atoms with Crippen LogP contribution in [0.15, 0.2) is 41.5 Å². The van der Waals surface area contributed by atoms with Crippen LogP contribution in [0.25, 0.3) is 0 Å². The largest absolute Gasteiger partial charge is 0.478 e. The number of hydrazone groups is 1. The lowest BCUT2D eigenvalue weighted by molar-refractivity contribution is -0.114. The van der Waals surface area contributed by atoms with E-state index in [0.29, 0.717) is 17.0 Å². The second-order valence-corrected chi connectivity index (χ2v) is 3.63. The summed E-state index contributed by atoms with van der Waals surface area (Å²) >= 11 is 0. The number of rotatable bonds is 2. The third-order valence-electron chi connectivity index (χ3n) is 2.50. The van der Waals surface area contributed by atoms with Crippen LogP contribution in [0.2, 0.25) is 0 Å². The minimum Gasteiger partial charge on any atom is -0.478 e. The first-order valence-electron chi connectivity index (χ1n) is 4.93. The Bertz CT molecular complexity index is 543. The molecule has 1 aromatic rings. The number of aromatic carboxylic acids is 1. The van der Waals surface area contributed by atoms with Crippen molar-refractivity contribution >= 4 is 23.3 Å². The van der Waals surface area contributed by atoms with Crippen LogP contribution in [0.5, 0.6) is 0 Å². The minimum atomic E-state index is -1.01. The summed E-state index contributed by atoms with van der Waals surface area (Å²) in [4.78, 5) is 22.4. The molecule has 1 aliphatic heterocycles. The van der Waals surface area contributed by atoms with Crippen molar-refractivity contribution in [1.82, 2.24) is 0 Å². The molecular formula is C12H10N2O3. The van der Waals surface area contributed by atoms with Crippen LogP contribution in [0.1, 0.15) is 17.3 Å². The molecule has 0 fully saturated rings. The van der Waals surface area contributed by atoms with Gasteiger partial charge in [-0.1, -0.05) is 6.58 Å². The van der Waals surface area contributed by atoms with Crippen LogP contribution >= 0.6 is 0 Å². The highest BCUT2D eigenvalue weighted by Crippen LogP contribution is 2.22. The number of nitrogens with zero attached hydrogens (tertiary/aromatic N) is 2. The van der Waals surface area contributed by atoms with Gasteiger partial charge in [-0.25, -0.2) is 4.79 Å². The van der Waals surface area contributed by atoms with E-state index in [1.807, 2.05) is 0 Å². The first kappa shape index (κ1) is 11.1. The van der Waals surface area contributed by atoms with Crippen LogP contribution < -0.4 is 5.01 Å². The topological polar surface area (TPSA) is 70.0 Å². The smallest absolute Gasteiger partial charge is 0.335 e. The van der Waals surface area contributed by atoms with Crippen LogP contribution in [0.3, 0.4) is 0 Å². The summed E-state index contributed by atoms with van der Waals surface area (Å²) in [6.07, 6.45) is 0. The fraction of sp³-hybridized carbons (Fsp3) is 0.0833. The molecule has 0 aliphatic carbocycles. The number of hydrogen-bond acceptors (Lipinski definition) is 3. The van der Waals surface area contributed by atoms with Crippen molar-refractivity contribution in [2.45, 2.75) is 6.92 Å². The summed E-state index contributed by atoms with van der Waals surface area (Å²) in [7, 11) is 0. The molecule has 17 heavy (non-hydrogen) atoms. The van der Waals surface area contributed by atoms with Gasteiger partial charge in [0.1, 0.15) is 0 Å². The number of carboxylic acids is 1. The number of anilines is 1. The Morgan fingerprint density at radius 2 is 1.94 bits per heavy atom. The summed E-state index contributed by atoms with van der Waals surface area (Å²) in [5.41, 5.74) is 1.61. The summed E-state index contributed by atoms with van der Waals surface area (Å²) in [6.45, 7) is 5.32. The maximum Gasteiger partial charge on any atom is 0.335 e. The first-order valence-corrected chi connectivity index (χ1v) is 4.93. The molecule has 0 spiro atoms. The number of benzene rings is 1. The van der Waals surface area contributed by atoms with E-state index < -0.39 is 5.97 Å². The molecule has 0 radical (unpaired) electrons. The molecule has 1 aromatic carbocycles. The van der Waals surface area contributed by atoms with E-state index in [-0.39, 0.29) is 11.5 Å². The summed E-state index contributed by atoms with van der Waals surface area (Å²) < 4.78 is 0.